The van der Waals surface area contributed by atoms with Crippen LogP contribution in [-0.2, 0) is 34.0 Å². The Morgan fingerprint density at radius 1 is 0.921 bits per heavy atom. The minimum Gasteiger partial charge on any atom is -0.367 e. The minimum atomic E-state index is -0.254. The van der Waals surface area contributed by atoms with E-state index in [0.717, 1.165) is 42.5 Å². The molecule has 0 spiro atoms. The van der Waals surface area contributed by atoms with Crippen molar-refractivity contribution in [2.24, 2.45) is 0 Å². The Bertz CT molecular complexity index is 1160. The van der Waals surface area contributed by atoms with Crippen LogP contribution in [0.25, 0.3) is 0 Å². The summed E-state index contributed by atoms with van der Waals surface area (Å²) in [7, 11) is 0. The summed E-state index contributed by atoms with van der Waals surface area (Å²) in [4.78, 5) is 30.1. The summed E-state index contributed by atoms with van der Waals surface area (Å²) in [6.07, 6.45) is 7.35. The van der Waals surface area contributed by atoms with E-state index in [9.17, 15) is 14.0 Å². The van der Waals surface area contributed by atoms with Gasteiger partial charge in [0.15, 0.2) is 0 Å². The summed E-state index contributed by atoms with van der Waals surface area (Å²) in [5.41, 5.74) is 3.03. The van der Waals surface area contributed by atoms with Crippen LogP contribution >= 0.6 is 0 Å². The molecule has 38 heavy (non-hydrogen) atoms. The normalized spacial score (nSPS) is 13.8. The summed E-state index contributed by atoms with van der Waals surface area (Å²) in [6, 6.07) is 20.4. The number of likely N-dealkylation sites (N-methyl/N-ethyl adjacent to an activating group) is 1. The van der Waals surface area contributed by atoms with Crippen molar-refractivity contribution in [3.63, 3.8) is 0 Å². The van der Waals surface area contributed by atoms with Crippen LogP contribution in [0.2, 0.25) is 0 Å². The highest BCUT2D eigenvalue weighted by atomic mass is 19.1. The van der Waals surface area contributed by atoms with Crippen LogP contribution in [0.15, 0.2) is 72.9 Å². The Balaban J connectivity index is 1.41. The van der Waals surface area contributed by atoms with Gasteiger partial charge in [0.05, 0.1) is 19.7 Å². The standard InChI is InChI=1S/C31H38FN3O3/c1-2-33(31(37)24-38-23-26-10-5-3-6-11-26)22-30(36)35(28-12-7-4-8-13-28)21-29-14-9-19-34(29)20-25-15-17-27(32)18-16-25/h3,5-6,9-11,14-19,28H,2,4,7-8,12-13,20-24H2,1H3. The van der Waals surface area contributed by atoms with E-state index < -0.39 is 0 Å². The Labute approximate surface area is 225 Å². The lowest BCUT2D eigenvalue weighted by Gasteiger charge is -2.36. The molecule has 0 unspecified atom stereocenters. The van der Waals surface area contributed by atoms with Crippen LogP contribution in [0.5, 0.6) is 0 Å². The third kappa shape index (κ3) is 7.78. The molecule has 0 N–H and O–H groups in total. The SMILES string of the molecule is CCN(CC(=O)N(Cc1cccn1Cc1ccc(F)cc1)C1CCCCC1)C(=O)COCc1ccccc1. The van der Waals surface area contributed by atoms with Crippen molar-refractivity contribution >= 4 is 11.8 Å². The van der Waals surface area contributed by atoms with Crippen molar-refractivity contribution in [1.82, 2.24) is 14.4 Å². The van der Waals surface area contributed by atoms with Gasteiger partial charge in [-0.15, -0.1) is 0 Å². The lowest BCUT2D eigenvalue weighted by atomic mass is 9.94. The molecule has 0 aliphatic heterocycles. The number of benzene rings is 2. The van der Waals surface area contributed by atoms with Gasteiger partial charge in [0.2, 0.25) is 11.8 Å². The number of hydrogen-bond acceptors (Lipinski definition) is 3. The molecule has 1 heterocycles. The van der Waals surface area contributed by atoms with Crippen LogP contribution < -0.4 is 0 Å². The van der Waals surface area contributed by atoms with Crippen molar-refractivity contribution in [1.29, 1.82) is 0 Å². The summed E-state index contributed by atoms with van der Waals surface area (Å²) in [6.45, 7) is 3.76. The first-order valence-corrected chi connectivity index (χ1v) is 13.6. The number of carbonyl (C=O) groups is 2. The first kappa shape index (κ1) is 27.6. The second-order valence-corrected chi connectivity index (χ2v) is 9.95. The number of rotatable bonds is 12. The summed E-state index contributed by atoms with van der Waals surface area (Å²) < 4.78 is 21.1. The molecule has 202 valence electrons. The van der Waals surface area contributed by atoms with E-state index in [-0.39, 0.29) is 36.8 Å². The molecule has 1 fully saturated rings. The summed E-state index contributed by atoms with van der Waals surface area (Å²) in [5, 5.41) is 0. The Morgan fingerprint density at radius 3 is 2.37 bits per heavy atom. The first-order valence-electron chi connectivity index (χ1n) is 13.6. The predicted octanol–water partition coefficient (Wildman–Crippen LogP) is 5.40. The highest BCUT2D eigenvalue weighted by Gasteiger charge is 2.28. The fourth-order valence-electron chi connectivity index (χ4n) is 5.07. The van der Waals surface area contributed by atoms with Gasteiger partial charge in [-0.25, -0.2) is 4.39 Å². The van der Waals surface area contributed by atoms with Crippen LogP contribution in [-0.4, -0.2) is 51.9 Å². The molecule has 2 amide bonds. The maximum absolute atomic E-state index is 13.7. The van der Waals surface area contributed by atoms with Gasteiger partial charge in [-0.05, 0) is 55.2 Å². The fourth-order valence-corrected chi connectivity index (χ4v) is 5.07. The highest BCUT2D eigenvalue weighted by molar-refractivity contribution is 5.85. The van der Waals surface area contributed by atoms with E-state index >= 15 is 0 Å². The number of halogens is 1. The van der Waals surface area contributed by atoms with Crippen molar-refractivity contribution in [3.8, 4) is 0 Å². The smallest absolute Gasteiger partial charge is 0.249 e. The van der Waals surface area contributed by atoms with Crippen LogP contribution in [0, 0.1) is 5.82 Å². The zero-order chi connectivity index (χ0) is 26.7. The summed E-state index contributed by atoms with van der Waals surface area (Å²) in [5.74, 6) is -0.471. The topological polar surface area (TPSA) is 54.8 Å². The van der Waals surface area contributed by atoms with E-state index in [0.29, 0.717) is 26.2 Å². The molecule has 1 aromatic heterocycles. The zero-order valence-electron chi connectivity index (χ0n) is 22.2. The number of ether oxygens (including phenoxy) is 1. The zero-order valence-corrected chi connectivity index (χ0v) is 22.2. The monoisotopic (exact) mass is 519 g/mol. The van der Waals surface area contributed by atoms with Crippen LogP contribution in [0.1, 0.15) is 55.8 Å². The van der Waals surface area contributed by atoms with Crippen molar-refractivity contribution in [2.45, 2.75) is 64.8 Å². The van der Waals surface area contributed by atoms with Crippen molar-refractivity contribution in [3.05, 3.63) is 95.6 Å². The third-order valence-corrected chi connectivity index (χ3v) is 7.26. The molecule has 7 heteroatoms. The quantitative estimate of drug-likeness (QED) is 0.322. The fraction of sp³-hybridized carbons (Fsp3) is 0.419. The molecule has 6 nitrogen and oxygen atoms in total. The summed E-state index contributed by atoms with van der Waals surface area (Å²) >= 11 is 0. The van der Waals surface area contributed by atoms with Crippen LogP contribution in [0.4, 0.5) is 4.39 Å². The minimum absolute atomic E-state index is 0.0373. The van der Waals surface area contributed by atoms with E-state index in [1.54, 1.807) is 17.0 Å². The van der Waals surface area contributed by atoms with Gasteiger partial charge in [0, 0.05) is 31.0 Å². The molecule has 0 radical (unpaired) electrons. The number of carbonyl (C=O) groups excluding carboxylic acids is 2. The molecule has 0 atom stereocenters. The second-order valence-electron chi connectivity index (χ2n) is 9.95. The molecule has 4 rings (SSSR count). The molecule has 1 aliphatic rings. The molecular weight excluding hydrogens is 481 g/mol. The average molecular weight is 520 g/mol. The number of hydrogen-bond donors (Lipinski definition) is 0. The molecule has 1 saturated carbocycles. The van der Waals surface area contributed by atoms with Crippen molar-refractivity contribution in [2.75, 3.05) is 19.7 Å². The Morgan fingerprint density at radius 2 is 1.66 bits per heavy atom. The van der Waals surface area contributed by atoms with Crippen LogP contribution in [0.3, 0.4) is 0 Å². The Hall–Kier alpha value is -3.45. The maximum Gasteiger partial charge on any atom is 0.249 e. The number of aromatic nitrogens is 1. The first-order chi connectivity index (χ1) is 18.5. The van der Waals surface area contributed by atoms with Gasteiger partial charge in [-0.1, -0.05) is 61.7 Å². The van der Waals surface area contributed by atoms with E-state index in [1.165, 1.54) is 18.6 Å². The lowest BCUT2D eigenvalue weighted by Crippen LogP contribution is -2.48. The van der Waals surface area contributed by atoms with Gasteiger partial charge in [-0.2, -0.15) is 0 Å². The molecular formula is C31H38FN3O3. The molecule has 0 saturated heterocycles. The number of amides is 2. The number of nitrogens with zero attached hydrogens (tertiary/aromatic N) is 3. The van der Waals surface area contributed by atoms with Gasteiger partial charge in [0.1, 0.15) is 12.4 Å². The van der Waals surface area contributed by atoms with E-state index in [4.69, 9.17) is 4.74 Å². The predicted molar refractivity (Wildman–Crippen MR) is 146 cm³/mol. The van der Waals surface area contributed by atoms with E-state index in [2.05, 4.69) is 4.57 Å². The molecule has 0 bridgehead atoms. The lowest BCUT2D eigenvalue weighted by molar-refractivity contribution is -0.145. The second kappa shape index (κ2) is 13.9. The third-order valence-electron chi connectivity index (χ3n) is 7.26. The highest BCUT2D eigenvalue weighted by Crippen LogP contribution is 2.25. The molecule has 3 aromatic rings. The van der Waals surface area contributed by atoms with Crippen molar-refractivity contribution < 1.29 is 18.7 Å². The maximum atomic E-state index is 13.7. The largest absolute Gasteiger partial charge is 0.367 e. The Kier molecular flexibility index (Phi) is 10.1. The van der Waals surface area contributed by atoms with Gasteiger partial charge >= 0.3 is 0 Å². The molecule has 1 aliphatic carbocycles. The van der Waals surface area contributed by atoms with Gasteiger partial charge in [0.25, 0.3) is 0 Å². The van der Waals surface area contributed by atoms with E-state index in [1.807, 2.05) is 60.5 Å². The van der Waals surface area contributed by atoms with Gasteiger partial charge < -0.3 is 19.1 Å². The molecule has 2 aromatic carbocycles. The average Bonchev–Trinajstić information content (AvgIpc) is 3.38. The van der Waals surface area contributed by atoms with Gasteiger partial charge in [-0.3, -0.25) is 9.59 Å².